The molecule has 17 aromatic carbocycles. The van der Waals surface area contributed by atoms with Crippen molar-refractivity contribution in [2.45, 2.75) is 0 Å². The maximum absolute atomic E-state index is 5.87. The second-order valence-electron chi connectivity index (χ2n) is 28.7. The Bertz CT molecular complexity index is 8180. The molecule has 0 aliphatic carbocycles. The van der Waals surface area contributed by atoms with E-state index in [1.807, 2.05) is 0 Å². The minimum atomic E-state index is 0.625. The third kappa shape index (κ3) is 7.45. The van der Waals surface area contributed by atoms with Crippen molar-refractivity contribution in [1.29, 1.82) is 0 Å². The normalized spacial score (nSPS) is 12.5. The Morgan fingerprint density at radius 1 is 0.179 bits per heavy atom. The molecule has 0 amide bonds. The van der Waals surface area contributed by atoms with Crippen LogP contribution in [0.15, 0.2) is 328 Å². The van der Waals surface area contributed by atoms with E-state index in [0.29, 0.717) is 11.9 Å². The van der Waals surface area contributed by atoms with E-state index in [1.165, 1.54) is 114 Å². The van der Waals surface area contributed by atoms with Crippen LogP contribution in [0.25, 0.3) is 241 Å². The average Bonchev–Trinajstić information content (AvgIpc) is 1.51. The number of hydrogen-bond acceptors (Lipinski definition) is 4. The SMILES string of the molecule is c1ccc(-c2ccc(-c3nc(-n4c5ccccc5c5c6c7c8ccccc8ccc7n7c8ccccc8c(cc54)c67)nc4ccc5cc(-c6ccc7c(ccc8c7c7c9c%10ccccc%10n(-c%10nc(-c%11ccccc%11)c%11c(ccc%12ccccc%12%11)n%10)c9cc9c%10ccccc%10n8c97)c6)ccc5c34)cc2)cc1. The van der Waals surface area contributed by atoms with Gasteiger partial charge in [-0.3, -0.25) is 9.13 Å². The van der Waals surface area contributed by atoms with Crippen molar-refractivity contribution >= 4 is 185 Å². The molecule has 0 spiro atoms. The molecule has 0 aliphatic heterocycles. The number of para-hydroxylation sites is 4. The smallest absolute Gasteiger partial charge is 0.235 e. The van der Waals surface area contributed by atoms with Crippen LogP contribution in [-0.4, -0.2) is 37.9 Å². The first-order valence-electron chi connectivity index (χ1n) is 36.4. The molecule has 25 aromatic rings. The van der Waals surface area contributed by atoms with Crippen LogP contribution < -0.4 is 0 Å². The lowest BCUT2D eigenvalue weighted by Crippen LogP contribution is -2.04. The van der Waals surface area contributed by atoms with Crippen LogP contribution in [0.1, 0.15) is 0 Å². The molecule has 8 aromatic heterocycles. The van der Waals surface area contributed by atoms with Crippen molar-refractivity contribution in [3.63, 3.8) is 0 Å². The summed E-state index contributed by atoms with van der Waals surface area (Å²) in [5.74, 6) is 1.26. The summed E-state index contributed by atoms with van der Waals surface area (Å²) in [6, 6.07) is 120. The molecular weight excluding hydrogens is 1290 g/mol. The predicted octanol–water partition coefficient (Wildman–Crippen LogP) is 25.3. The van der Waals surface area contributed by atoms with Gasteiger partial charge in [-0.2, -0.15) is 0 Å². The zero-order chi connectivity index (χ0) is 68.7. The fourth-order valence-corrected chi connectivity index (χ4v) is 18.9. The zero-order valence-corrected chi connectivity index (χ0v) is 56.8. The molecule has 0 unspecified atom stereocenters. The highest BCUT2D eigenvalue weighted by Gasteiger charge is 2.30. The largest absolute Gasteiger partial charge is 0.308 e. The molecule has 0 fully saturated rings. The molecule has 0 N–H and O–H groups in total. The first-order chi connectivity index (χ1) is 52.6. The predicted molar refractivity (Wildman–Crippen MR) is 442 cm³/mol. The average molecular weight is 1340 g/mol. The topological polar surface area (TPSA) is 70.2 Å². The molecule has 0 saturated carbocycles. The summed E-state index contributed by atoms with van der Waals surface area (Å²) in [5, 5.41) is 25.9. The molecule has 486 valence electrons. The van der Waals surface area contributed by atoms with E-state index in [0.717, 1.165) is 115 Å². The third-order valence-electron chi connectivity index (χ3n) is 23.4. The van der Waals surface area contributed by atoms with E-state index in [2.05, 4.69) is 346 Å². The van der Waals surface area contributed by atoms with E-state index in [1.54, 1.807) is 0 Å². The lowest BCUT2D eigenvalue weighted by molar-refractivity contribution is 1.01. The summed E-state index contributed by atoms with van der Waals surface area (Å²) in [7, 11) is 0. The van der Waals surface area contributed by atoms with Crippen LogP contribution in [0.2, 0.25) is 0 Å². The fourth-order valence-electron chi connectivity index (χ4n) is 18.9. The van der Waals surface area contributed by atoms with Gasteiger partial charge in [0.15, 0.2) is 0 Å². The van der Waals surface area contributed by atoms with Crippen molar-refractivity contribution in [3.8, 4) is 56.7 Å². The minimum Gasteiger partial charge on any atom is -0.308 e. The highest BCUT2D eigenvalue weighted by Crippen LogP contribution is 2.52. The van der Waals surface area contributed by atoms with E-state index >= 15 is 0 Å². The third-order valence-corrected chi connectivity index (χ3v) is 23.4. The maximum Gasteiger partial charge on any atom is 0.235 e. The Morgan fingerprint density at radius 2 is 0.528 bits per heavy atom. The van der Waals surface area contributed by atoms with Crippen LogP contribution in [-0.2, 0) is 0 Å². The van der Waals surface area contributed by atoms with Gasteiger partial charge >= 0.3 is 0 Å². The fraction of sp³-hybridized carbons (Fsp3) is 0. The molecule has 25 rings (SSSR count). The second kappa shape index (κ2) is 20.7. The van der Waals surface area contributed by atoms with Crippen molar-refractivity contribution < 1.29 is 0 Å². The Hall–Kier alpha value is -14.3. The molecule has 0 bridgehead atoms. The van der Waals surface area contributed by atoms with Gasteiger partial charge in [0.2, 0.25) is 11.9 Å². The van der Waals surface area contributed by atoms with Crippen molar-refractivity contribution in [3.05, 3.63) is 328 Å². The lowest BCUT2D eigenvalue weighted by atomic mass is 9.94. The number of benzene rings is 17. The highest BCUT2D eigenvalue weighted by molar-refractivity contribution is 6.41. The summed E-state index contributed by atoms with van der Waals surface area (Å²) < 4.78 is 9.68. The highest BCUT2D eigenvalue weighted by atomic mass is 15.2. The monoisotopic (exact) mass is 1340 g/mol. The van der Waals surface area contributed by atoms with Crippen molar-refractivity contribution in [2.24, 2.45) is 0 Å². The van der Waals surface area contributed by atoms with E-state index in [9.17, 15) is 0 Å². The van der Waals surface area contributed by atoms with Crippen LogP contribution in [0.4, 0.5) is 0 Å². The van der Waals surface area contributed by atoms with Crippen LogP contribution in [0.5, 0.6) is 0 Å². The van der Waals surface area contributed by atoms with E-state index in [4.69, 9.17) is 19.9 Å². The maximum atomic E-state index is 5.87. The molecule has 0 radical (unpaired) electrons. The van der Waals surface area contributed by atoms with Crippen LogP contribution in [0.3, 0.4) is 0 Å². The molecule has 0 atom stereocenters. The molecule has 8 heteroatoms. The van der Waals surface area contributed by atoms with Crippen LogP contribution >= 0.6 is 0 Å². The second-order valence-corrected chi connectivity index (χ2v) is 28.7. The van der Waals surface area contributed by atoms with Crippen LogP contribution in [0, 0.1) is 0 Å². The molecule has 0 saturated heterocycles. The number of hydrogen-bond donors (Lipinski definition) is 0. The van der Waals surface area contributed by atoms with Crippen molar-refractivity contribution in [1.82, 2.24) is 37.9 Å². The number of rotatable bonds is 6. The summed E-state index contributed by atoms with van der Waals surface area (Å²) in [4.78, 5) is 22.8. The van der Waals surface area contributed by atoms with Gasteiger partial charge in [0.25, 0.3) is 0 Å². The van der Waals surface area contributed by atoms with E-state index < -0.39 is 0 Å². The van der Waals surface area contributed by atoms with Gasteiger partial charge in [0, 0.05) is 86.5 Å². The minimum absolute atomic E-state index is 0.625. The number of aromatic nitrogens is 8. The molecule has 8 heterocycles. The Labute approximate surface area is 603 Å². The Kier molecular flexibility index (Phi) is 11.0. The van der Waals surface area contributed by atoms with Crippen molar-refractivity contribution in [2.75, 3.05) is 0 Å². The van der Waals surface area contributed by atoms with Gasteiger partial charge < -0.3 is 8.80 Å². The van der Waals surface area contributed by atoms with Gasteiger partial charge in [-0.15, -0.1) is 0 Å². The van der Waals surface area contributed by atoms with Gasteiger partial charge in [-0.25, -0.2) is 19.9 Å². The Balaban J connectivity index is 0.692. The quantitative estimate of drug-likeness (QED) is 0.156. The Morgan fingerprint density at radius 3 is 1.05 bits per heavy atom. The molecule has 8 nitrogen and oxygen atoms in total. The van der Waals surface area contributed by atoms with Gasteiger partial charge in [-0.1, -0.05) is 255 Å². The first kappa shape index (κ1) is 56.3. The summed E-state index contributed by atoms with van der Waals surface area (Å²) >= 11 is 0. The van der Waals surface area contributed by atoms with E-state index in [-0.39, 0.29) is 0 Å². The number of nitrogens with zero attached hydrogens (tertiary/aromatic N) is 8. The van der Waals surface area contributed by atoms with Gasteiger partial charge in [0.1, 0.15) is 0 Å². The summed E-state index contributed by atoms with van der Waals surface area (Å²) in [5.41, 5.74) is 21.7. The standard InChI is InChI=1S/C98H54N8/c1-3-19-55(20-4-1)56-35-37-60(38-36-56)94-86-67-45-39-61(51-63(67)42-48-76(86)100-98(102-94)106-79-33-17-13-29-71(79)89-83(106)53-73-69-27-11-15-31-77(69)103-81-49-43-58-22-8-10-26-66(58)87(81)91(89)95(73)103)62-40-46-68-64(52-62)44-50-82-88(68)92-90-72-30-14-18-34-80(72)105(84(90)54-74-70-28-12-16-32-78(70)104(82)96(74)92)97-99-75-47-41-57-21-7-9-25-65(57)85(75)93(101-97)59-23-5-2-6-24-59/h1-54H. The molecule has 106 heavy (non-hydrogen) atoms. The zero-order valence-electron chi connectivity index (χ0n) is 56.8. The van der Waals surface area contributed by atoms with Gasteiger partial charge in [-0.05, 0) is 138 Å². The molecular formula is C98H54N8. The molecule has 0 aliphatic rings. The number of fused-ring (bicyclic) bond motifs is 30. The first-order valence-corrected chi connectivity index (χ1v) is 36.4. The summed E-state index contributed by atoms with van der Waals surface area (Å²) in [6.07, 6.45) is 0. The summed E-state index contributed by atoms with van der Waals surface area (Å²) in [6.45, 7) is 0. The lowest BCUT2D eigenvalue weighted by Gasteiger charge is -2.15. The van der Waals surface area contributed by atoms with Gasteiger partial charge in [0.05, 0.1) is 77.6 Å².